The van der Waals surface area contributed by atoms with Crippen molar-refractivity contribution in [2.75, 3.05) is 0 Å². The van der Waals surface area contributed by atoms with Crippen molar-refractivity contribution in [1.82, 2.24) is 5.43 Å². The van der Waals surface area contributed by atoms with E-state index in [1.807, 2.05) is 25.1 Å². The van der Waals surface area contributed by atoms with Gasteiger partial charge in [0, 0.05) is 5.56 Å². The van der Waals surface area contributed by atoms with Crippen LogP contribution in [0.5, 0.6) is 0 Å². The van der Waals surface area contributed by atoms with Crippen LogP contribution in [0.15, 0.2) is 42.5 Å². The summed E-state index contributed by atoms with van der Waals surface area (Å²) >= 11 is 0. The Bertz CT molecular complexity index is 550. The number of hydrazine groups is 1. The Morgan fingerprint density at radius 3 is 2.32 bits per heavy atom. The average molecular weight is 262 g/mol. The van der Waals surface area contributed by atoms with Gasteiger partial charge in [0.1, 0.15) is 11.6 Å². The monoisotopic (exact) mass is 262 g/mol. The van der Waals surface area contributed by atoms with Crippen LogP contribution >= 0.6 is 0 Å². The summed E-state index contributed by atoms with van der Waals surface area (Å²) in [6.45, 7) is 2.02. The fraction of sp³-hybridized carbons (Fsp3) is 0.200. The second kappa shape index (κ2) is 5.91. The van der Waals surface area contributed by atoms with E-state index in [4.69, 9.17) is 5.84 Å². The van der Waals surface area contributed by atoms with Crippen LogP contribution in [-0.2, 0) is 6.42 Å². The molecule has 0 saturated heterocycles. The Morgan fingerprint density at radius 1 is 1.11 bits per heavy atom. The SMILES string of the molecule is CCc1cccc(C(NN)c2c(F)cccc2F)c1. The fourth-order valence-electron chi connectivity index (χ4n) is 2.13. The molecule has 0 radical (unpaired) electrons. The third kappa shape index (κ3) is 2.80. The first-order valence-corrected chi connectivity index (χ1v) is 6.16. The first-order chi connectivity index (χ1) is 9.17. The summed E-state index contributed by atoms with van der Waals surface area (Å²) in [5.74, 6) is 4.27. The Kier molecular flexibility index (Phi) is 4.24. The van der Waals surface area contributed by atoms with Crippen molar-refractivity contribution in [3.05, 3.63) is 70.8 Å². The van der Waals surface area contributed by atoms with E-state index in [1.165, 1.54) is 18.2 Å². The molecule has 0 aliphatic heterocycles. The van der Waals surface area contributed by atoms with Gasteiger partial charge in [-0.3, -0.25) is 5.84 Å². The molecule has 0 bridgehead atoms. The van der Waals surface area contributed by atoms with Gasteiger partial charge in [0.15, 0.2) is 0 Å². The number of rotatable bonds is 4. The molecule has 0 spiro atoms. The highest BCUT2D eigenvalue weighted by molar-refractivity contribution is 5.35. The van der Waals surface area contributed by atoms with Crippen molar-refractivity contribution >= 4 is 0 Å². The van der Waals surface area contributed by atoms with Gasteiger partial charge >= 0.3 is 0 Å². The van der Waals surface area contributed by atoms with Crippen LogP contribution in [-0.4, -0.2) is 0 Å². The molecule has 19 heavy (non-hydrogen) atoms. The topological polar surface area (TPSA) is 38.0 Å². The van der Waals surface area contributed by atoms with Crippen LogP contribution in [0.4, 0.5) is 8.78 Å². The molecule has 0 saturated carbocycles. The standard InChI is InChI=1S/C15H16F2N2/c1-2-10-5-3-6-11(9-10)15(19-18)14-12(16)7-4-8-13(14)17/h3-9,15,19H,2,18H2,1H3. The molecule has 0 aromatic heterocycles. The summed E-state index contributed by atoms with van der Waals surface area (Å²) in [7, 11) is 0. The Hall–Kier alpha value is -1.78. The summed E-state index contributed by atoms with van der Waals surface area (Å²) in [5, 5.41) is 0. The number of aryl methyl sites for hydroxylation is 1. The number of hydrogen-bond acceptors (Lipinski definition) is 2. The Labute approximate surface area is 111 Å². The van der Waals surface area contributed by atoms with Gasteiger partial charge in [-0.05, 0) is 29.7 Å². The highest BCUT2D eigenvalue weighted by Crippen LogP contribution is 2.26. The van der Waals surface area contributed by atoms with Crippen molar-refractivity contribution < 1.29 is 8.78 Å². The van der Waals surface area contributed by atoms with E-state index in [0.717, 1.165) is 17.5 Å². The fourth-order valence-corrected chi connectivity index (χ4v) is 2.13. The molecule has 1 atom stereocenters. The van der Waals surface area contributed by atoms with Gasteiger partial charge in [-0.15, -0.1) is 0 Å². The zero-order valence-corrected chi connectivity index (χ0v) is 10.7. The van der Waals surface area contributed by atoms with E-state index >= 15 is 0 Å². The summed E-state index contributed by atoms with van der Waals surface area (Å²) in [6, 6.07) is 10.6. The zero-order valence-electron chi connectivity index (χ0n) is 10.7. The van der Waals surface area contributed by atoms with Gasteiger partial charge < -0.3 is 0 Å². The first-order valence-electron chi connectivity index (χ1n) is 6.16. The maximum atomic E-state index is 13.8. The Morgan fingerprint density at radius 2 is 1.74 bits per heavy atom. The lowest BCUT2D eigenvalue weighted by molar-refractivity contribution is 0.510. The summed E-state index contributed by atoms with van der Waals surface area (Å²) < 4.78 is 27.6. The molecule has 0 aliphatic carbocycles. The van der Waals surface area contributed by atoms with Crippen molar-refractivity contribution in [2.45, 2.75) is 19.4 Å². The Balaban J connectivity index is 2.50. The minimum Gasteiger partial charge on any atom is -0.271 e. The molecule has 0 amide bonds. The molecule has 2 rings (SSSR count). The molecule has 4 heteroatoms. The van der Waals surface area contributed by atoms with Gasteiger partial charge in [-0.2, -0.15) is 0 Å². The van der Waals surface area contributed by atoms with Crippen LogP contribution < -0.4 is 11.3 Å². The molecule has 3 N–H and O–H groups in total. The normalized spacial score (nSPS) is 12.4. The minimum absolute atomic E-state index is 0.0572. The smallest absolute Gasteiger partial charge is 0.131 e. The number of nitrogens with one attached hydrogen (secondary N) is 1. The number of halogens is 2. The average Bonchev–Trinajstić information content (AvgIpc) is 2.43. The van der Waals surface area contributed by atoms with Gasteiger partial charge in [-0.1, -0.05) is 37.3 Å². The second-order valence-corrected chi connectivity index (χ2v) is 4.33. The summed E-state index contributed by atoms with van der Waals surface area (Å²) in [6.07, 6.45) is 0.852. The highest BCUT2D eigenvalue weighted by atomic mass is 19.1. The molecule has 2 nitrogen and oxygen atoms in total. The maximum Gasteiger partial charge on any atom is 0.131 e. The first kappa shape index (κ1) is 13.6. The lowest BCUT2D eigenvalue weighted by atomic mass is 9.96. The maximum absolute atomic E-state index is 13.8. The van der Waals surface area contributed by atoms with Crippen molar-refractivity contribution in [3.63, 3.8) is 0 Å². The summed E-state index contributed by atoms with van der Waals surface area (Å²) in [5.41, 5.74) is 4.26. The lowest BCUT2D eigenvalue weighted by Gasteiger charge is -2.19. The molecule has 100 valence electrons. The molecule has 2 aromatic carbocycles. The molecule has 1 unspecified atom stereocenters. The van der Waals surface area contributed by atoms with Gasteiger partial charge in [0.2, 0.25) is 0 Å². The predicted molar refractivity (Wildman–Crippen MR) is 71.3 cm³/mol. The van der Waals surface area contributed by atoms with Crippen molar-refractivity contribution in [2.24, 2.45) is 5.84 Å². The van der Waals surface area contributed by atoms with Crippen LogP contribution in [0.1, 0.15) is 29.7 Å². The predicted octanol–water partition coefficient (Wildman–Crippen LogP) is 3.08. The highest BCUT2D eigenvalue weighted by Gasteiger charge is 2.20. The van der Waals surface area contributed by atoms with Gasteiger partial charge in [-0.25, -0.2) is 14.2 Å². The largest absolute Gasteiger partial charge is 0.271 e. The van der Waals surface area contributed by atoms with E-state index in [0.29, 0.717) is 0 Å². The van der Waals surface area contributed by atoms with E-state index < -0.39 is 17.7 Å². The molecule has 0 aliphatic rings. The zero-order chi connectivity index (χ0) is 13.8. The van der Waals surface area contributed by atoms with E-state index in [2.05, 4.69) is 5.43 Å². The summed E-state index contributed by atoms with van der Waals surface area (Å²) in [4.78, 5) is 0. The van der Waals surface area contributed by atoms with Gasteiger partial charge in [0.25, 0.3) is 0 Å². The molecular formula is C15H16F2N2. The van der Waals surface area contributed by atoms with Crippen LogP contribution in [0, 0.1) is 11.6 Å². The van der Waals surface area contributed by atoms with Crippen LogP contribution in [0.2, 0.25) is 0 Å². The lowest BCUT2D eigenvalue weighted by Crippen LogP contribution is -2.30. The minimum atomic E-state index is -0.701. The number of hydrogen-bond donors (Lipinski definition) is 2. The quantitative estimate of drug-likeness (QED) is 0.656. The van der Waals surface area contributed by atoms with Crippen molar-refractivity contribution in [3.8, 4) is 0 Å². The van der Waals surface area contributed by atoms with E-state index in [1.54, 1.807) is 6.07 Å². The van der Waals surface area contributed by atoms with E-state index in [9.17, 15) is 8.78 Å². The van der Waals surface area contributed by atoms with Crippen LogP contribution in [0.3, 0.4) is 0 Å². The molecule has 0 heterocycles. The van der Waals surface area contributed by atoms with E-state index in [-0.39, 0.29) is 5.56 Å². The number of nitrogens with two attached hydrogens (primary N) is 1. The van der Waals surface area contributed by atoms with Crippen molar-refractivity contribution in [1.29, 1.82) is 0 Å². The second-order valence-electron chi connectivity index (χ2n) is 4.33. The molecular weight excluding hydrogens is 246 g/mol. The molecule has 0 fully saturated rings. The molecule has 2 aromatic rings. The third-order valence-corrected chi connectivity index (χ3v) is 3.15. The van der Waals surface area contributed by atoms with Crippen LogP contribution in [0.25, 0.3) is 0 Å². The third-order valence-electron chi connectivity index (χ3n) is 3.15. The number of benzene rings is 2. The van der Waals surface area contributed by atoms with Gasteiger partial charge in [0.05, 0.1) is 6.04 Å².